The van der Waals surface area contributed by atoms with Gasteiger partial charge in [-0.3, -0.25) is 4.79 Å². The van der Waals surface area contributed by atoms with E-state index in [4.69, 9.17) is 21.1 Å². The number of nitrogens with one attached hydrogen (secondary N) is 1. The maximum atomic E-state index is 12.2. The Kier molecular flexibility index (Phi) is 4.73. The van der Waals surface area contributed by atoms with E-state index in [9.17, 15) is 4.79 Å². The van der Waals surface area contributed by atoms with Crippen molar-refractivity contribution in [1.82, 2.24) is 9.97 Å². The summed E-state index contributed by atoms with van der Waals surface area (Å²) in [6, 6.07) is 6.93. The Bertz CT molecular complexity index is 717. The summed E-state index contributed by atoms with van der Waals surface area (Å²) in [7, 11) is 0. The van der Waals surface area contributed by atoms with Gasteiger partial charge in [0, 0.05) is 18.3 Å². The van der Waals surface area contributed by atoms with E-state index in [1.54, 1.807) is 6.07 Å². The Balaban J connectivity index is 1.70. The van der Waals surface area contributed by atoms with E-state index in [-0.39, 0.29) is 12.0 Å². The van der Waals surface area contributed by atoms with Crippen LogP contribution in [0.2, 0.25) is 5.02 Å². The van der Waals surface area contributed by atoms with Gasteiger partial charge in [0.25, 0.3) is 5.91 Å². The second-order valence-corrected chi connectivity index (χ2v) is 5.64. The van der Waals surface area contributed by atoms with Crippen molar-refractivity contribution in [3.05, 3.63) is 46.7 Å². The molecule has 1 aliphatic rings. The largest absolute Gasteiger partial charge is 0.471 e. The van der Waals surface area contributed by atoms with Gasteiger partial charge in [-0.15, -0.1) is 0 Å². The molecule has 1 amide bonds. The normalized spacial score (nSPS) is 17.0. The molecule has 2 aromatic heterocycles. The molecule has 1 N–H and O–H groups in total. The lowest BCUT2D eigenvalue weighted by Gasteiger charge is -2.12. The predicted octanol–water partition coefficient (Wildman–Crippen LogP) is 2.86. The first-order valence-electron chi connectivity index (χ1n) is 7.27. The van der Waals surface area contributed by atoms with Crippen LogP contribution in [0.1, 0.15) is 22.5 Å². The van der Waals surface area contributed by atoms with Crippen LogP contribution in [0.5, 0.6) is 5.88 Å². The lowest BCUT2D eigenvalue weighted by molar-refractivity contribution is 0.102. The first kappa shape index (κ1) is 15.7. The zero-order valence-electron chi connectivity index (χ0n) is 12.6. The van der Waals surface area contributed by atoms with Crippen LogP contribution in [-0.4, -0.2) is 35.2 Å². The Morgan fingerprint density at radius 1 is 1.48 bits per heavy atom. The number of ether oxygens (including phenoxy) is 2. The van der Waals surface area contributed by atoms with Gasteiger partial charge in [-0.05, 0) is 25.1 Å². The number of carbonyl (C=O) groups is 1. The third-order valence-corrected chi connectivity index (χ3v) is 3.64. The zero-order chi connectivity index (χ0) is 16.2. The number of aromatic nitrogens is 2. The molecule has 0 aliphatic carbocycles. The molecule has 3 rings (SSSR count). The molecule has 0 spiro atoms. The molecule has 2 aromatic rings. The quantitative estimate of drug-likeness (QED) is 0.931. The van der Waals surface area contributed by atoms with Crippen molar-refractivity contribution in [2.45, 2.75) is 19.4 Å². The molecular weight excluding hydrogens is 318 g/mol. The van der Waals surface area contributed by atoms with Crippen LogP contribution in [0.3, 0.4) is 0 Å². The van der Waals surface area contributed by atoms with E-state index in [1.165, 1.54) is 12.3 Å². The smallest absolute Gasteiger partial charge is 0.258 e. The summed E-state index contributed by atoms with van der Waals surface area (Å²) >= 11 is 6.16. The predicted molar refractivity (Wildman–Crippen MR) is 86.0 cm³/mol. The Morgan fingerprint density at radius 3 is 3.04 bits per heavy atom. The van der Waals surface area contributed by atoms with Gasteiger partial charge in [-0.1, -0.05) is 17.7 Å². The Labute approximate surface area is 138 Å². The summed E-state index contributed by atoms with van der Waals surface area (Å²) in [6.45, 7) is 3.05. The summed E-state index contributed by atoms with van der Waals surface area (Å²) in [4.78, 5) is 20.6. The number of carbonyl (C=O) groups excluding carboxylic acids is 1. The fourth-order valence-electron chi connectivity index (χ4n) is 2.20. The highest BCUT2D eigenvalue weighted by atomic mass is 35.5. The molecule has 23 heavy (non-hydrogen) atoms. The monoisotopic (exact) mass is 333 g/mol. The second kappa shape index (κ2) is 6.93. The number of rotatable bonds is 4. The van der Waals surface area contributed by atoms with Crippen LogP contribution in [0.25, 0.3) is 0 Å². The lowest BCUT2D eigenvalue weighted by Crippen LogP contribution is -2.17. The summed E-state index contributed by atoms with van der Waals surface area (Å²) in [5.41, 5.74) is 1.16. The fraction of sp³-hybridized carbons (Fsp3) is 0.312. The van der Waals surface area contributed by atoms with Crippen molar-refractivity contribution < 1.29 is 14.3 Å². The van der Waals surface area contributed by atoms with Crippen LogP contribution >= 0.6 is 11.6 Å². The van der Waals surface area contributed by atoms with Gasteiger partial charge in [-0.2, -0.15) is 0 Å². The Hall–Kier alpha value is -2.18. The zero-order valence-corrected chi connectivity index (χ0v) is 13.3. The highest BCUT2D eigenvalue weighted by molar-refractivity contribution is 6.32. The van der Waals surface area contributed by atoms with Gasteiger partial charge in [0.05, 0.1) is 18.8 Å². The minimum Gasteiger partial charge on any atom is -0.471 e. The fourth-order valence-corrected chi connectivity index (χ4v) is 2.41. The van der Waals surface area contributed by atoms with Crippen molar-refractivity contribution in [3.8, 4) is 5.88 Å². The van der Waals surface area contributed by atoms with Gasteiger partial charge in [0.15, 0.2) is 0 Å². The minimum absolute atomic E-state index is 0.0452. The molecule has 1 aliphatic heterocycles. The van der Waals surface area contributed by atoms with Crippen LogP contribution in [0.4, 0.5) is 5.82 Å². The molecule has 1 unspecified atom stereocenters. The summed E-state index contributed by atoms with van der Waals surface area (Å²) in [5.74, 6) is 0.468. The van der Waals surface area contributed by atoms with Crippen molar-refractivity contribution in [3.63, 3.8) is 0 Å². The topological polar surface area (TPSA) is 73.3 Å². The molecule has 0 bridgehead atoms. The van der Waals surface area contributed by atoms with Gasteiger partial charge in [-0.25, -0.2) is 9.97 Å². The minimum atomic E-state index is -0.326. The third kappa shape index (κ3) is 3.97. The second-order valence-electron chi connectivity index (χ2n) is 5.23. The summed E-state index contributed by atoms with van der Waals surface area (Å²) < 4.78 is 10.9. The molecular formula is C16H16ClN3O3. The van der Waals surface area contributed by atoms with Crippen LogP contribution in [-0.2, 0) is 4.74 Å². The number of aryl methyl sites for hydroxylation is 1. The average Bonchev–Trinajstić information content (AvgIpc) is 3.02. The number of pyridine rings is 2. The molecule has 0 radical (unpaired) electrons. The third-order valence-electron chi connectivity index (χ3n) is 3.37. The number of anilines is 1. The highest BCUT2D eigenvalue weighted by Crippen LogP contribution is 2.25. The van der Waals surface area contributed by atoms with Gasteiger partial charge in [0.1, 0.15) is 16.9 Å². The van der Waals surface area contributed by atoms with Crippen molar-refractivity contribution in [2.24, 2.45) is 0 Å². The van der Waals surface area contributed by atoms with Crippen LogP contribution in [0, 0.1) is 6.92 Å². The number of hydrogen-bond acceptors (Lipinski definition) is 5. The average molecular weight is 334 g/mol. The van der Waals surface area contributed by atoms with Gasteiger partial charge in [0.2, 0.25) is 5.88 Å². The highest BCUT2D eigenvalue weighted by Gasteiger charge is 2.20. The maximum absolute atomic E-state index is 12.2. The Morgan fingerprint density at radius 2 is 2.35 bits per heavy atom. The first-order valence-corrected chi connectivity index (χ1v) is 7.64. The van der Waals surface area contributed by atoms with Crippen LogP contribution < -0.4 is 10.1 Å². The molecule has 0 saturated carbocycles. The molecule has 1 fully saturated rings. The van der Waals surface area contributed by atoms with E-state index in [0.29, 0.717) is 35.5 Å². The van der Waals surface area contributed by atoms with Crippen LogP contribution in [0.15, 0.2) is 30.5 Å². The first-order chi connectivity index (χ1) is 11.1. The molecule has 6 nitrogen and oxygen atoms in total. The molecule has 120 valence electrons. The van der Waals surface area contributed by atoms with Crippen molar-refractivity contribution in [1.29, 1.82) is 0 Å². The van der Waals surface area contributed by atoms with Gasteiger partial charge < -0.3 is 14.8 Å². The molecule has 1 atom stereocenters. The van der Waals surface area contributed by atoms with E-state index < -0.39 is 0 Å². The molecule has 0 aromatic carbocycles. The number of nitrogens with zero attached hydrogens (tertiary/aromatic N) is 2. The summed E-state index contributed by atoms with van der Waals surface area (Å²) in [6.07, 6.45) is 2.19. The molecule has 7 heteroatoms. The van der Waals surface area contributed by atoms with Crippen molar-refractivity contribution >= 4 is 23.3 Å². The summed E-state index contributed by atoms with van der Waals surface area (Å²) in [5, 5.41) is 3.00. The maximum Gasteiger partial charge on any atom is 0.258 e. The van der Waals surface area contributed by atoms with E-state index in [2.05, 4.69) is 15.3 Å². The lowest BCUT2D eigenvalue weighted by atomic mass is 10.2. The van der Waals surface area contributed by atoms with E-state index >= 15 is 0 Å². The molecule has 1 saturated heterocycles. The number of amides is 1. The number of halogens is 1. The standard InChI is InChI=1S/C16H16ClN3O3/c1-10-3-2-4-14(19-10)20-15(21)11-7-13(17)16(18-8-11)23-12-5-6-22-9-12/h2-4,7-8,12H,5-6,9H2,1H3,(H,19,20,21). The molecule has 3 heterocycles. The van der Waals surface area contributed by atoms with E-state index in [0.717, 1.165) is 12.1 Å². The number of hydrogen-bond donors (Lipinski definition) is 1. The van der Waals surface area contributed by atoms with Crippen molar-refractivity contribution in [2.75, 3.05) is 18.5 Å². The SMILES string of the molecule is Cc1cccc(NC(=O)c2cnc(OC3CCOC3)c(Cl)c2)n1. The van der Waals surface area contributed by atoms with Gasteiger partial charge >= 0.3 is 0 Å². The van der Waals surface area contributed by atoms with E-state index in [1.807, 2.05) is 19.1 Å².